The van der Waals surface area contributed by atoms with Crippen LogP contribution in [0, 0.1) is 13.8 Å². The van der Waals surface area contributed by atoms with Gasteiger partial charge in [0.05, 0.1) is 18.1 Å². The summed E-state index contributed by atoms with van der Waals surface area (Å²) < 4.78 is 12.3. The van der Waals surface area contributed by atoms with Gasteiger partial charge in [0.25, 0.3) is 5.91 Å². The molecule has 0 N–H and O–H groups in total. The van der Waals surface area contributed by atoms with E-state index in [4.69, 9.17) is 21.7 Å². The fourth-order valence-corrected chi connectivity index (χ4v) is 4.20. The fourth-order valence-electron chi connectivity index (χ4n) is 2.93. The zero-order valence-electron chi connectivity index (χ0n) is 17.2. The number of hydrogen-bond donors (Lipinski definition) is 0. The van der Waals surface area contributed by atoms with E-state index in [0.717, 1.165) is 29.0 Å². The van der Waals surface area contributed by atoms with Crippen LogP contribution in [0.25, 0.3) is 6.08 Å². The number of carbonyl (C=O) groups is 1. The molecule has 0 bridgehead atoms. The lowest BCUT2D eigenvalue weighted by atomic mass is 10.1. The van der Waals surface area contributed by atoms with E-state index in [9.17, 15) is 4.79 Å². The molecule has 0 radical (unpaired) electrons. The summed E-state index contributed by atoms with van der Waals surface area (Å²) in [5.74, 6) is 1.60. The molecule has 3 rings (SSSR count). The van der Waals surface area contributed by atoms with Gasteiger partial charge in [0.15, 0.2) is 0 Å². The largest absolute Gasteiger partial charge is 0.493 e. The lowest BCUT2D eigenvalue weighted by Gasteiger charge is -2.11. The normalized spacial score (nSPS) is 15.0. The molecule has 0 unspecified atom stereocenters. The van der Waals surface area contributed by atoms with Gasteiger partial charge in [-0.3, -0.25) is 9.69 Å². The third-order valence-corrected chi connectivity index (χ3v) is 5.88. The number of thiocarbonyl (C=S) groups is 1. The average Bonchev–Trinajstić information content (AvgIpc) is 2.98. The van der Waals surface area contributed by atoms with Crippen LogP contribution in [0.1, 0.15) is 23.1 Å². The Balaban J connectivity index is 1.52. The fraction of sp³-hybridized carbons (Fsp3) is 0.250. The number of thioether (sulfide) groups is 1. The first kappa shape index (κ1) is 22.1. The standard InChI is InChI=1S/C24H25NO3S2/c1-4-11-25-23(26)22(30-24(25)29)16-19-7-5-8-20(15-19)27-12-6-13-28-21-14-17(2)9-10-18(21)3/h4-5,7-10,14-16H,1,6,11-13H2,2-3H3/b22-16-. The van der Waals surface area contributed by atoms with Crippen molar-refractivity contribution in [2.75, 3.05) is 19.8 Å². The van der Waals surface area contributed by atoms with Crippen molar-refractivity contribution in [3.63, 3.8) is 0 Å². The van der Waals surface area contributed by atoms with E-state index in [1.165, 1.54) is 17.3 Å². The summed E-state index contributed by atoms with van der Waals surface area (Å²) in [7, 11) is 0. The van der Waals surface area contributed by atoms with Crippen LogP contribution in [-0.2, 0) is 4.79 Å². The molecule has 1 amide bonds. The maximum Gasteiger partial charge on any atom is 0.266 e. The van der Waals surface area contributed by atoms with Crippen molar-refractivity contribution in [2.24, 2.45) is 0 Å². The van der Waals surface area contributed by atoms with E-state index >= 15 is 0 Å². The van der Waals surface area contributed by atoms with E-state index in [1.807, 2.05) is 37.3 Å². The minimum Gasteiger partial charge on any atom is -0.493 e. The molecule has 2 aromatic carbocycles. The van der Waals surface area contributed by atoms with Gasteiger partial charge in [0, 0.05) is 13.0 Å². The van der Waals surface area contributed by atoms with Crippen molar-refractivity contribution >= 4 is 40.3 Å². The Morgan fingerprint density at radius 2 is 1.93 bits per heavy atom. The lowest BCUT2D eigenvalue weighted by Crippen LogP contribution is -2.27. The molecular formula is C24H25NO3S2. The smallest absolute Gasteiger partial charge is 0.266 e. The Morgan fingerprint density at radius 3 is 2.73 bits per heavy atom. The topological polar surface area (TPSA) is 38.8 Å². The predicted molar refractivity (Wildman–Crippen MR) is 128 cm³/mol. The van der Waals surface area contributed by atoms with Crippen LogP contribution >= 0.6 is 24.0 Å². The summed E-state index contributed by atoms with van der Waals surface area (Å²) in [4.78, 5) is 14.6. The number of hydrogen-bond acceptors (Lipinski definition) is 5. The molecule has 0 aromatic heterocycles. The van der Waals surface area contributed by atoms with Gasteiger partial charge in [-0.1, -0.05) is 54.3 Å². The third kappa shape index (κ3) is 5.74. The highest BCUT2D eigenvalue weighted by molar-refractivity contribution is 8.26. The highest BCUT2D eigenvalue weighted by Crippen LogP contribution is 2.32. The molecule has 1 aliphatic rings. The van der Waals surface area contributed by atoms with Crippen LogP contribution in [-0.4, -0.2) is 34.9 Å². The Bertz CT molecular complexity index is 984. The van der Waals surface area contributed by atoms with E-state index in [-0.39, 0.29) is 5.91 Å². The summed E-state index contributed by atoms with van der Waals surface area (Å²) in [6, 6.07) is 13.9. The number of ether oxygens (including phenoxy) is 2. The molecule has 6 heteroatoms. The van der Waals surface area contributed by atoms with Crippen molar-refractivity contribution in [1.82, 2.24) is 4.90 Å². The van der Waals surface area contributed by atoms with Crippen molar-refractivity contribution in [1.29, 1.82) is 0 Å². The average molecular weight is 440 g/mol. The van der Waals surface area contributed by atoms with Crippen LogP contribution < -0.4 is 9.47 Å². The zero-order valence-corrected chi connectivity index (χ0v) is 18.9. The number of nitrogens with zero attached hydrogens (tertiary/aromatic N) is 1. The quantitative estimate of drug-likeness (QED) is 0.222. The van der Waals surface area contributed by atoms with Crippen LogP contribution in [0.3, 0.4) is 0 Å². The number of benzene rings is 2. The van der Waals surface area contributed by atoms with Crippen molar-refractivity contribution in [3.8, 4) is 11.5 Å². The summed E-state index contributed by atoms with van der Waals surface area (Å²) in [5.41, 5.74) is 3.22. The first-order valence-corrected chi connectivity index (χ1v) is 11.0. The highest BCUT2D eigenvalue weighted by Gasteiger charge is 2.30. The van der Waals surface area contributed by atoms with Crippen molar-refractivity contribution in [2.45, 2.75) is 20.3 Å². The number of carbonyl (C=O) groups excluding carboxylic acids is 1. The number of amides is 1. The Kier molecular flexibility index (Phi) is 7.71. The Morgan fingerprint density at radius 1 is 1.13 bits per heavy atom. The molecular weight excluding hydrogens is 414 g/mol. The molecule has 0 spiro atoms. The van der Waals surface area contributed by atoms with Crippen LogP contribution in [0.2, 0.25) is 0 Å². The van der Waals surface area contributed by atoms with Crippen molar-refractivity contribution in [3.05, 3.63) is 76.7 Å². The zero-order chi connectivity index (χ0) is 21.5. The molecule has 0 aliphatic carbocycles. The molecule has 1 aliphatic heterocycles. The van der Waals surface area contributed by atoms with E-state index < -0.39 is 0 Å². The van der Waals surface area contributed by atoms with Crippen molar-refractivity contribution < 1.29 is 14.3 Å². The Hall–Kier alpha value is -2.57. The maximum absolute atomic E-state index is 12.5. The molecule has 1 fully saturated rings. The van der Waals surface area contributed by atoms with Gasteiger partial charge >= 0.3 is 0 Å². The molecule has 156 valence electrons. The summed E-state index contributed by atoms with van der Waals surface area (Å²) in [5, 5.41) is 0. The summed E-state index contributed by atoms with van der Waals surface area (Å²) in [6.45, 7) is 9.34. The molecule has 1 heterocycles. The van der Waals surface area contributed by atoms with Gasteiger partial charge < -0.3 is 9.47 Å². The Labute approximate surface area is 187 Å². The molecule has 4 nitrogen and oxygen atoms in total. The highest BCUT2D eigenvalue weighted by atomic mass is 32.2. The van der Waals surface area contributed by atoms with E-state index in [2.05, 4.69) is 31.7 Å². The maximum atomic E-state index is 12.5. The predicted octanol–water partition coefficient (Wildman–Crippen LogP) is 5.54. The SMILES string of the molecule is C=CCN1C(=O)/C(=C/c2cccc(OCCCOc3cc(C)ccc3C)c2)SC1=S. The lowest BCUT2D eigenvalue weighted by molar-refractivity contribution is -0.121. The van der Waals surface area contributed by atoms with Gasteiger partial charge in [-0.05, 0) is 54.8 Å². The number of aryl methyl sites for hydroxylation is 2. The molecule has 1 saturated heterocycles. The molecule has 0 atom stereocenters. The summed E-state index contributed by atoms with van der Waals surface area (Å²) >= 11 is 6.59. The first-order chi connectivity index (χ1) is 14.5. The van der Waals surface area contributed by atoms with Gasteiger partial charge in [0.1, 0.15) is 15.8 Å². The first-order valence-electron chi connectivity index (χ1n) is 9.77. The summed E-state index contributed by atoms with van der Waals surface area (Å²) in [6.07, 6.45) is 4.29. The minimum atomic E-state index is -0.0835. The van der Waals surface area contributed by atoms with E-state index in [1.54, 1.807) is 11.0 Å². The monoisotopic (exact) mass is 439 g/mol. The molecule has 2 aromatic rings. The van der Waals surface area contributed by atoms with Gasteiger partial charge in [0.2, 0.25) is 0 Å². The van der Waals surface area contributed by atoms with Crippen LogP contribution in [0.4, 0.5) is 0 Å². The minimum absolute atomic E-state index is 0.0835. The van der Waals surface area contributed by atoms with Gasteiger partial charge in [-0.2, -0.15) is 0 Å². The molecule has 30 heavy (non-hydrogen) atoms. The van der Waals surface area contributed by atoms with Crippen LogP contribution in [0.15, 0.2) is 60.0 Å². The second-order valence-electron chi connectivity index (χ2n) is 6.97. The third-order valence-electron chi connectivity index (χ3n) is 4.50. The second kappa shape index (κ2) is 10.5. The van der Waals surface area contributed by atoms with E-state index in [0.29, 0.717) is 29.0 Å². The van der Waals surface area contributed by atoms with Crippen LogP contribution in [0.5, 0.6) is 11.5 Å². The van der Waals surface area contributed by atoms with Gasteiger partial charge in [-0.25, -0.2) is 0 Å². The second-order valence-corrected chi connectivity index (χ2v) is 8.65. The molecule has 0 saturated carbocycles. The number of rotatable bonds is 9. The van der Waals surface area contributed by atoms with Gasteiger partial charge in [-0.15, -0.1) is 6.58 Å².